The Morgan fingerprint density at radius 3 is 2.30 bits per heavy atom. The topological polar surface area (TPSA) is 40.6 Å². The lowest BCUT2D eigenvalue weighted by Gasteiger charge is -2.08. The molecule has 0 unspecified atom stereocenters. The highest BCUT2D eigenvalue weighted by molar-refractivity contribution is 7.97. The fourth-order valence-corrected chi connectivity index (χ4v) is 1.33. The summed E-state index contributed by atoms with van der Waals surface area (Å²) < 4.78 is 1.15. The third-order valence-corrected chi connectivity index (χ3v) is 2.01. The van der Waals surface area contributed by atoms with Crippen molar-refractivity contribution >= 4 is 23.9 Å². The molecule has 1 fully saturated rings. The van der Waals surface area contributed by atoms with E-state index in [2.05, 4.69) is 0 Å². The van der Waals surface area contributed by atoms with Gasteiger partial charge in [-0.1, -0.05) is 0 Å². The number of hydrogen-bond donors (Lipinski definition) is 0. The predicted octanol–water partition coefficient (Wildman–Crippen LogP) is 0.158. The Labute approximate surface area is 63.3 Å². The summed E-state index contributed by atoms with van der Waals surface area (Å²) in [7, 11) is 1.61. The zero-order valence-corrected chi connectivity index (χ0v) is 6.64. The summed E-state index contributed by atoms with van der Waals surface area (Å²) >= 11 is 1.14. The minimum atomic E-state index is -0.225. The third kappa shape index (κ3) is 0.965. The average molecular weight is 160 g/mol. The van der Waals surface area contributed by atoms with Crippen molar-refractivity contribution in [2.75, 3.05) is 19.8 Å². The quantitative estimate of drug-likeness (QED) is 0.405. The van der Waals surface area contributed by atoms with Crippen LogP contribution in [0.2, 0.25) is 0 Å². The maximum atomic E-state index is 11.0. The summed E-state index contributed by atoms with van der Waals surface area (Å²) in [5.41, 5.74) is 0. The second-order valence-corrected chi connectivity index (χ2v) is 2.74. The van der Waals surface area contributed by atoms with E-state index in [1.165, 1.54) is 4.90 Å². The third-order valence-electron chi connectivity index (χ3n) is 1.28. The van der Waals surface area contributed by atoms with Gasteiger partial charge in [-0.15, -0.1) is 0 Å². The van der Waals surface area contributed by atoms with Gasteiger partial charge in [0.2, 0.25) is 0 Å². The lowest BCUT2D eigenvalue weighted by molar-refractivity contribution is -0.121. The van der Waals surface area contributed by atoms with E-state index in [9.17, 15) is 9.59 Å². The summed E-state index contributed by atoms with van der Waals surface area (Å²) in [4.78, 5) is 23.2. The van der Waals surface area contributed by atoms with Crippen LogP contribution in [-0.2, 0) is 4.79 Å². The molecule has 0 spiro atoms. The van der Waals surface area contributed by atoms with E-state index in [1.807, 2.05) is 0 Å². The van der Waals surface area contributed by atoms with Crippen molar-refractivity contribution in [1.29, 1.82) is 0 Å². The van der Waals surface area contributed by atoms with E-state index in [0.29, 0.717) is 0 Å². The Hall–Kier alpha value is -0.710. The van der Waals surface area contributed by atoms with Crippen molar-refractivity contribution in [3.63, 3.8) is 0 Å². The van der Waals surface area contributed by atoms with E-state index < -0.39 is 0 Å². The van der Waals surface area contributed by atoms with E-state index in [-0.39, 0.29) is 18.5 Å². The molecule has 10 heavy (non-hydrogen) atoms. The van der Waals surface area contributed by atoms with Gasteiger partial charge in [-0.2, -0.15) is 0 Å². The lowest BCUT2D eigenvalue weighted by Crippen LogP contribution is -2.24. The molecule has 5 heteroatoms. The average Bonchev–Trinajstić information content (AvgIpc) is 2.09. The van der Waals surface area contributed by atoms with Crippen molar-refractivity contribution in [2.45, 2.75) is 0 Å². The SMILES string of the molecule is CSN1C(=O)CN(C)C1=O. The molecule has 1 aliphatic rings. The standard InChI is InChI=1S/C5H8N2O2S/c1-6-3-4(8)7(10-2)5(6)9/h3H2,1-2H3. The fourth-order valence-electron chi connectivity index (χ4n) is 0.776. The monoisotopic (exact) mass is 160 g/mol. The zero-order valence-electron chi connectivity index (χ0n) is 5.83. The highest BCUT2D eigenvalue weighted by Gasteiger charge is 2.32. The molecule has 3 amide bonds. The van der Waals surface area contributed by atoms with Crippen LogP contribution in [0.15, 0.2) is 0 Å². The van der Waals surface area contributed by atoms with E-state index in [1.54, 1.807) is 13.3 Å². The number of carbonyl (C=O) groups is 2. The maximum absolute atomic E-state index is 11.0. The van der Waals surface area contributed by atoms with Gasteiger partial charge in [0.15, 0.2) is 0 Å². The molecule has 0 N–H and O–H groups in total. The van der Waals surface area contributed by atoms with Gasteiger partial charge in [-0.25, -0.2) is 9.10 Å². The van der Waals surface area contributed by atoms with Crippen molar-refractivity contribution in [1.82, 2.24) is 9.21 Å². The van der Waals surface area contributed by atoms with Gasteiger partial charge < -0.3 is 4.90 Å². The highest BCUT2D eigenvalue weighted by atomic mass is 32.2. The summed E-state index contributed by atoms with van der Waals surface area (Å²) in [6, 6.07) is -0.225. The van der Waals surface area contributed by atoms with Gasteiger partial charge >= 0.3 is 6.03 Å². The van der Waals surface area contributed by atoms with Gasteiger partial charge in [0.25, 0.3) is 5.91 Å². The first-order valence-electron chi connectivity index (χ1n) is 2.79. The van der Waals surface area contributed by atoms with Crippen LogP contribution in [0.5, 0.6) is 0 Å². The fraction of sp³-hybridized carbons (Fsp3) is 0.600. The minimum Gasteiger partial charge on any atom is -0.317 e. The molecule has 1 aliphatic heterocycles. The van der Waals surface area contributed by atoms with Crippen LogP contribution in [0, 0.1) is 0 Å². The van der Waals surface area contributed by atoms with Gasteiger partial charge in [-0.05, 0) is 11.9 Å². The smallest absolute Gasteiger partial charge is 0.317 e. The molecular weight excluding hydrogens is 152 g/mol. The Balaban J connectivity index is 2.74. The molecule has 0 aromatic heterocycles. The van der Waals surface area contributed by atoms with Crippen LogP contribution >= 0.6 is 11.9 Å². The van der Waals surface area contributed by atoms with Gasteiger partial charge in [0.1, 0.15) is 6.54 Å². The number of likely N-dealkylation sites (N-methyl/N-ethyl adjacent to an activating group) is 1. The normalized spacial score (nSPS) is 19.0. The number of urea groups is 1. The number of carbonyl (C=O) groups excluding carboxylic acids is 2. The summed E-state index contributed by atoms with van der Waals surface area (Å²) in [5, 5.41) is 0. The van der Waals surface area contributed by atoms with Gasteiger partial charge in [0.05, 0.1) is 0 Å². The van der Waals surface area contributed by atoms with Crippen LogP contribution in [-0.4, -0.2) is 41.0 Å². The summed E-state index contributed by atoms with van der Waals surface area (Å²) in [6.45, 7) is 0.208. The van der Waals surface area contributed by atoms with Crippen molar-refractivity contribution in [2.24, 2.45) is 0 Å². The lowest BCUT2D eigenvalue weighted by atomic mass is 10.6. The van der Waals surface area contributed by atoms with Crippen LogP contribution < -0.4 is 0 Å². The summed E-state index contributed by atoms with van der Waals surface area (Å²) in [5.74, 6) is -0.139. The Kier molecular flexibility index (Phi) is 1.85. The van der Waals surface area contributed by atoms with E-state index in [4.69, 9.17) is 0 Å². The second kappa shape index (κ2) is 2.49. The molecule has 0 radical (unpaired) electrons. The Morgan fingerprint density at radius 2 is 2.10 bits per heavy atom. The van der Waals surface area contributed by atoms with Crippen LogP contribution in [0.25, 0.3) is 0 Å². The minimum absolute atomic E-state index is 0.139. The molecule has 0 aliphatic carbocycles. The van der Waals surface area contributed by atoms with Crippen LogP contribution in [0.4, 0.5) is 4.79 Å². The number of nitrogens with zero attached hydrogens (tertiary/aromatic N) is 2. The molecule has 4 nitrogen and oxygen atoms in total. The number of rotatable bonds is 1. The molecule has 0 aromatic carbocycles. The molecule has 0 saturated carbocycles. The van der Waals surface area contributed by atoms with Gasteiger partial charge in [0, 0.05) is 13.3 Å². The van der Waals surface area contributed by atoms with Gasteiger partial charge in [-0.3, -0.25) is 4.79 Å². The van der Waals surface area contributed by atoms with E-state index in [0.717, 1.165) is 16.3 Å². The molecule has 0 bridgehead atoms. The largest absolute Gasteiger partial charge is 0.337 e. The molecule has 1 saturated heterocycles. The van der Waals surface area contributed by atoms with Crippen LogP contribution in [0.3, 0.4) is 0 Å². The van der Waals surface area contributed by atoms with Crippen molar-refractivity contribution in [3.05, 3.63) is 0 Å². The first-order chi connectivity index (χ1) is 4.66. The number of amides is 3. The number of hydrogen-bond acceptors (Lipinski definition) is 3. The van der Waals surface area contributed by atoms with E-state index >= 15 is 0 Å². The number of imide groups is 1. The molecule has 56 valence electrons. The zero-order chi connectivity index (χ0) is 7.72. The Morgan fingerprint density at radius 1 is 1.50 bits per heavy atom. The Bertz CT molecular complexity index is 182. The molecule has 1 rings (SSSR count). The van der Waals surface area contributed by atoms with Crippen molar-refractivity contribution in [3.8, 4) is 0 Å². The molecule has 1 heterocycles. The first-order valence-corrected chi connectivity index (χ1v) is 3.97. The molecular formula is C5H8N2O2S. The maximum Gasteiger partial charge on any atom is 0.337 e. The predicted molar refractivity (Wildman–Crippen MR) is 38.4 cm³/mol. The van der Waals surface area contributed by atoms with Crippen LogP contribution in [0.1, 0.15) is 0 Å². The second-order valence-electron chi connectivity index (χ2n) is 2.01. The molecule has 0 atom stereocenters. The first kappa shape index (κ1) is 7.40. The highest BCUT2D eigenvalue weighted by Crippen LogP contribution is 2.15. The summed E-state index contributed by atoms with van der Waals surface area (Å²) in [6.07, 6.45) is 1.70. The molecule has 0 aromatic rings. The van der Waals surface area contributed by atoms with Crippen molar-refractivity contribution < 1.29 is 9.59 Å².